The van der Waals surface area contributed by atoms with Gasteiger partial charge in [-0.15, -0.1) is 0 Å². The van der Waals surface area contributed by atoms with Crippen LogP contribution in [0.15, 0.2) is 24.3 Å². The van der Waals surface area contributed by atoms with Crippen molar-refractivity contribution < 1.29 is 14.6 Å². The van der Waals surface area contributed by atoms with Gasteiger partial charge in [0, 0.05) is 20.2 Å². The Bertz CT molecular complexity index is 489. The maximum Gasteiger partial charge on any atom is 0.137 e. The van der Waals surface area contributed by atoms with Crippen molar-refractivity contribution in [2.45, 2.75) is 31.0 Å². The Morgan fingerprint density at radius 1 is 1.43 bits per heavy atom. The van der Waals surface area contributed by atoms with Crippen LogP contribution in [0.5, 0.6) is 5.75 Å². The second-order valence-electron chi connectivity index (χ2n) is 5.44. The molecule has 0 bridgehead atoms. The molecule has 1 aliphatic carbocycles. The van der Waals surface area contributed by atoms with Crippen molar-refractivity contribution in [3.63, 3.8) is 0 Å². The third kappa shape index (κ3) is 4.18. The summed E-state index contributed by atoms with van der Waals surface area (Å²) in [5.41, 5.74) is 0.430. The summed E-state index contributed by atoms with van der Waals surface area (Å²) in [4.78, 5) is 0. The van der Waals surface area contributed by atoms with Crippen molar-refractivity contribution in [1.82, 2.24) is 5.32 Å². The average molecular weight is 290 g/mol. The lowest BCUT2D eigenvalue weighted by molar-refractivity contribution is -0.0706. The van der Waals surface area contributed by atoms with Crippen molar-refractivity contribution in [1.29, 1.82) is 5.26 Å². The summed E-state index contributed by atoms with van der Waals surface area (Å²) < 4.78 is 11.0. The monoisotopic (exact) mass is 290 g/mol. The number of hydrogen-bond acceptors (Lipinski definition) is 5. The first-order valence-electron chi connectivity index (χ1n) is 7.25. The lowest BCUT2D eigenvalue weighted by Crippen LogP contribution is -2.49. The number of rotatable bonds is 8. The minimum absolute atomic E-state index is 0.0476. The van der Waals surface area contributed by atoms with E-state index in [1.165, 1.54) is 6.42 Å². The summed E-state index contributed by atoms with van der Waals surface area (Å²) >= 11 is 0. The summed E-state index contributed by atoms with van der Waals surface area (Å²) in [6.07, 6.45) is 2.72. The predicted molar refractivity (Wildman–Crippen MR) is 79.1 cm³/mol. The summed E-state index contributed by atoms with van der Waals surface area (Å²) in [6.45, 7) is 1.35. The SMILES string of the molecule is COC1(CNCC(O)COc2ccccc2C#N)CCC1. The maximum absolute atomic E-state index is 9.92. The number of hydrogen-bond donors (Lipinski definition) is 2. The Morgan fingerprint density at radius 3 is 2.81 bits per heavy atom. The van der Waals surface area contributed by atoms with Crippen molar-refractivity contribution in [2.24, 2.45) is 0 Å². The van der Waals surface area contributed by atoms with E-state index in [-0.39, 0.29) is 12.2 Å². The number of para-hydroxylation sites is 1. The van der Waals surface area contributed by atoms with Crippen LogP contribution in [0, 0.1) is 11.3 Å². The first-order valence-corrected chi connectivity index (χ1v) is 7.25. The van der Waals surface area contributed by atoms with Crippen LogP contribution in [0.1, 0.15) is 24.8 Å². The Morgan fingerprint density at radius 2 is 2.19 bits per heavy atom. The van der Waals surface area contributed by atoms with E-state index in [0.29, 0.717) is 17.9 Å². The minimum Gasteiger partial charge on any atom is -0.489 e. The van der Waals surface area contributed by atoms with Gasteiger partial charge in [-0.2, -0.15) is 5.26 Å². The molecule has 0 aliphatic heterocycles. The van der Waals surface area contributed by atoms with Gasteiger partial charge in [-0.1, -0.05) is 12.1 Å². The van der Waals surface area contributed by atoms with Gasteiger partial charge < -0.3 is 19.9 Å². The molecule has 2 rings (SSSR count). The molecule has 5 nitrogen and oxygen atoms in total. The smallest absolute Gasteiger partial charge is 0.137 e. The molecule has 1 unspecified atom stereocenters. The molecule has 2 N–H and O–H groups in total. The molecule has 0 spiro atoms. The van der Waals surface area contributed by atoms with E-state index in [4.69, 9.17) is 14.7 Å². The second-order valence-corrected chi connectivity index (χ2v) is 5.44. The fraction of sp³-hybridized carbons (Fsp3) is 0.562. The Balaban J connectivity index is 1.70. The van der Waals surface area contributed by atoms with E-state index < -0.39 is 6.10 Å². The molecular weight excluding hydrogens is 268 g/mol. The average Bonchev–Trinajstić information content (AvgIpc) is 2.48. The van der Waals surface area contributed by atoms with Gasteiger partial charge in [0.15, 0.2) is 0 Å². The van der Waals surface area contributed by atoms with Gasteiger partial charge in [0.25, 0.3) is 0 Å². The van der Waals surface area contributed by atoms with E-state index >= 15 is 0 Å². The largest absolute Gasteiger partial charge is 0.489 e. The van der Waals surface area contributed by atoms with Gasteiger partial charge in [0.05, 0.1) is 11.2 Å². The fourth-order valence-electron chi connectivity index (χ4n) is 2.42. The lowest BCUT2D eigenvalue weighted by atomic mass is 9.80. The number of ether oxygens (including phenoxy) is 2. The molecule has 0 heterocycles. The first-order chi connectivity index (χ1) is 10.2. The quantitative estimate of drug-likeness (QED) is 0.758. The molecule has 1 atom stereocenters. The highest BCUT2D eigenvalue weighted by Gasteiger charge is 2.36. The number of nitrogens with zero attached hydrogens (tertiary/aromatic N) is 1. The number of aliphatic hydroxyl groups is 1. The fourth-order valence-corrected chi connectivity index (χ4v) is 2.42. The zero-order valence-corrected chi connectivity index (χ0v) is 12.3. The van der Waals surface area contributed by atoms with Crippen LogP contribution >= 0.6 is 0 Å². The molecule has 0 aromatic heterocycles. The second kappa shape index (κ2) is 7.41. The number of methoxy groups -OCH3 is 1. The van der Waals surface area contributed by atoms with Crippen molar-refractivity contribution >= 4 is 0 Å². The molecule has 21 heavy (non-hydrogen) atoms. The van der Waals surface area contributed by atoms with Crippen molar-refractivity contribution in [3.8, 4) is 11.8 Å². The Kier molecular flexibility index (Phi) is 5.57. The van der Waals surface area contributed by atoms with E-state index in [9.17, 15) is 5.11 Å². The first kappa shape index (κ1) is 15.8. The molecule has 0 saturated heterocycles. The van der Waals surface area contributed by atoms with E-state index in [1.54, 1.807) is 31.4 Å². The maximum atomic E-state index is 9.92. The molecule has 1 saturated carbocycles. The standard InChI is InChI=1S/C16H22N2O3/c1-20-16(7-4-8-16)12-18-10-14(19)11-21-15-6-3-2-5-13(15)9-17/h2-3,5-6,14,18-19H,4,7-8,10-12H2,1H3. The summed E-state index contributed by atoms with van der Waals surface area (Å²) in [5, 5.41) is 22.1. The van der Waals surface area contributed by atoms with Crippen LogP contribution in [0.2, 0.25) is 0 Å². The van der Waals surface area contributed by atoms with Gasteiger partial charge in [-0.05, 0) is 31.4 Å². The van der Waals surface area contributed by atoms with Gasteiger partial charge in [-0.3, -0.25) is 0 Å². The minimum atomic E-state index is -0.620. The molecular formula is C16H22N2O3. The molecule has 1 aromatic rings. The highest BCUT2D eigenvalue weighted by molar-refractivity contribution is 5.42. The van der Waals surface area contributed by atoms with Crippen LogP contribution < -0.4 is 10.1 Å². The highest BCUT2D eigenvalue weighted by Crippen LogP contribution is 2.34. The molecule has 5 heteroatoms. The van der Waals surface area contributed by atoms with Crippen LogP contribution in [-0.2, 0) is 4.74 Å². The van der Waals surface area contributed by atoms with Crippen LogP contribution in [0.25, 0.3) is 0 Å². The van der Waals surface area contributed by atoms with Crippen LogP contribution in [0.3, 0.4) is 0 Å². The predicted octanol–water partition coefficient (Wildman–Crippen LogP) is 1.46. The summed E-state index contributed by atoms with van der Waals surface area (Å²) in [5.74, 6) is 0.506. The van der Waals surface area contributed by atoms with E-state index in [0.717, 1.165) is 19.4 Å². The highest BCUT2D eigenvalue weighted by atomic mass is 16.5. The number of nitriles is 1. The third-order valence-electron chi connectivity index (χ3n) is 3.96. The topological polar surface area (TPSA) is 74.5 Å². The summed E-state index contributed by atoms with van der Waals surface area (Å²) in [6, 6.07) is 9.08. The van der Waals surface area contributed by atoms with E-state index in [2.05, 4.69) is 11.4 Å². The van der Waals surface area contributed by atoms with Crippen LogP contribution in [-0.4, -0.2) is 43.6 Å². The molecule has 0 amide bonds. The molecule has 114 valence electrons. The zero-order chi connectivity index (χ0) is 15.1. The van der Waals surface area contributed by atoms with Crippen LogP contribution in [0.4, 0.5) is 0 Å². The van der Waals surface area contributed by atoms with Crippen molar-refractivity contribution in [3.05, 3.63) is 29.8 Å². The number of benzene rings is 1. The van der Waals surface area contributed by atoms with Gasteiger partial charge in [0.2, 0.25) is 0 Å². The van der Waals surface area contributed by atoms with Gasteiger partial charge in [0.1, 0.15) is 24.5 Å². The molecule has 0 radical (unpaired) electrons. The van der Waals surface area contributed by atoms with E-state index in [1.807, 2.05) is 0 Å². The zero-order valence-electron chi connectivity index (χ0n) is 12.3. The molecule has 1 aromatic carbocycles. The summed E-state index contributed by atoms with van der Waals surface area (Å²) in [7, 11) is 1.74. The Hall–Kier alpha value is -1.61. The Labute approximate surface area is 125 Å². The van der Waals surface area contributed by atoms with Gasteiger partial charge >= 0.3 is 0 Å². The van der Waals surface area contributed by atoms with Gasteiger partial charge in [-0.25, -0.2) is 0 Å². The number of aliphatic hydroxyl groups excluding tert-OH is 1. The normalized spacial score (nSPS) is 17.6. The number of nitrogens with one attached hydrogen (secondary N) is 1. The third-order valence-corrected chi connectivity index (χ3v) is 3.96. The van der Waals surface area contributed by atoms with Crippen molar-refractivity contribution in [2.75, 3.05) is 26.8 Å². The molecule has 1 fully saturated rings. The molecule has 1 aliphatic rings. The lowest BCUT2D eigenvalue weighted by Gasteiger charge is -2.40.